The van der Waals surface area contributed by atoms with Gasteiger partial charge in [0.2, 0.25) is 0 Å². The standard InChI is InChI=1S/C9H9ClN2/c10-8-5-12-9-3-6(4-11)1-2-7(8)9/h1-3,5,12H,4,11H2. The molecule has 1 aromatic carbocycles. The molecule has 0 aliphatic rings. The molecular formula is C9H9ClN2. The summed E-state index contributed by atoms with van der Waals surface area (Å²) >= 11 is 5.91. The van der Waals surface area contributed by atoms with Crippen molar-refractivity contribution in [3.8, 4) is 0 Å². The van der Waals surface area contributed by atoms with Crippen molar-refractivity contribution in [2.24, 2.45) is 5.73 Å². The van der Waals surface area contributed by atoms with Gasteiger partial charge in [0.15, 0.2) is 0 Å². The van der Waals surface area contributed by atoms with E-state index in [2.05, 4.69) is 4.98 Å². The number of nitrogens with two attached hydrogens (primary N) is 1. The minimum atomic E-state index is 0.562. The van der Waals surface area contributed by atoms with E-state index in [9.17, 15) is 0 Å². The lowest BCUT2D eigenvalue weighted by atomic mass is 10.2. The zero-order valence-electron chi connectivity index (χ0n) is 6.47. The average Bonchev–Trinajstić information content (AvgIpc) is 2.47. The highest BCUT2D eigenvalue weighted by Crippen LogP contribution is 2.23. The average molecular weight is 181 g/mol. The van der Waals surface area contributed by atoms with Crippen molar-refractivity contribution in [1.82, 2.24) is 4.98 Å². The monoisotopic (exact) mass is 180 g/mol. The summed E-state index contributed by atoms with van der Waals surface area (Å²) < 4.78 is 0. The van der Waals surface area contributed by atoms with Crippen LogP contribution in [0.4, 0.5) is 0 Å². The molecule has 0 atom stereocenters. The maximum Gasteiger partial charge on any atom is 0.0659 e. The van der Waals surface area contributed by atoms with E-state index in [1.165, 1.54) is 0 Å². The van der Waals surface area contributed by atoms with Gasteiger partial charge < -0.3 is 10.7 Å². The molecule has 2 rings (SSSR count). The van der Waals surface area contributed by atoms with Gasteiger partial charge in [0.1, 0.15) is 0 Å². The number of halogens is 1. The Morgan fingerprint density at radius 3 is 3.00 bits per heavy atom. The van der Waals surface area contributed by atoms with Crippen molar-refractivity contribution in [3.05, 3.63) is 35.0 Å². The van der Waals surface area contributed by atoms with E-state index in [0.717, 1.165) is 21.5 Å². The normalized spacial score (nSPS) is 10.8. The molecule has 3 N–H and O–H groups in total. The highest BCUT2D eigenvalue weighted by molar-refractivity contribution is 6.35. The first-order chi connectivity index (χ1) is 5.81. The molecule has 0 fully saturated rings. The lowest BCUT2D eigenvalue weighted by molar-refractivity contribution is 1.07. The Morgan fingerprint density at radius 1 is 1.42 bits per heavy atom. The van der Waals surface area contributed by atoms with Crippen LogP contribution in [-0.2, 0) is 6.54 Å². The summed E-state index contributed by atoms with van der Waals surface area (Å²) in [6.07, 6.45) is 1.78. The molecule has 1 aromatic heterocycles. The third-order valence-electron chi connectivity index (χ3n) is 1.93. The molecule has 0 saturated carbocycles. The Hall–Kier alpha value is -0.990. The molecule has 0 bridgehead atoms. The molecule has 3 heteroatoms. The largest absolute Gasteiger partial charge is 0.360 e. The maximum atomic E-state index is 5.91. The summed E-state index contributed by atoms with van der Waals surface area (Å²) in [5, 5.41) is 1.81. The van der Waals surface area contributed by atoms with E-state index >= 15 is 0 Å². The van der Waals surface area contributed by atoms with Crippen LogP contribution in [0.3, 0.4) is 0 Å². The van der Waals surface area contributed by atoms with Crippen LogP contribution < -0.4 is 5.73 Å². The number of rotatable bonds is 1. The summed E-state index contributed by atoms with van der Waals surface area (Å²) in [5.74, 6) is 0. The van der Waals surface area contributed by atoms with Crippen LogP contribution >= 0.6 is 11.6 Å². The number of nitrogens with one attached hydrogen (secondary N) is 1. The van der Waals surface area contributed by atoms with Crippen LogP contribution in [0.5, 0.6) is 0 Å². The van der Waals surface area contributed by atoms with Crippen molar-refractivity contribution in [1.29, 1.82) is 0 Å². The number of hydrogen-bond acceptors (Lipinski definition) is 1. The molecule has 0 aliphatic heterocycles. The van der Waals surface area contributed by atoms with E-state index < -0.39 is 0 Å². The first-order valence-electron chi connectivity index (χ1n) is 3.77. The summed E-state index contributed by atoms with van der Waals surface area (Å²) in [6, 6.07) is 5.99. The Labute approximate surface area is 75.3 Å². The number of benzene rings is 1. The summed E-state index contributed by atoms with van der Waals surface area (Å²) in [6.45, 7) is 0.562. The van der Waals surface area contributed by atoms with E-state index in [1.54, 1.807) is 6.20 Å². The molecule has 62 valence electrons. The summed E-state index contributed by atoms with van der Waals surface area (Å²) in [7, 11) is 0. The number of aromatic nitrogens is 1. The van der Waals surface area contributed by atoms with Crippen LogP contribution in [0.25, 0.3) is 10.9 Å². The highest BCUT2D eigenvalue weighted by Gasteiger charge is 2.00. The van der Waals surface area contributed by atoms with Gasteiger partial charge in [-0.15, -0.1) is 0 Å². The lowest BCUT2D eigenvalue weighted by Gasteiger charge is -1.95. The topological polar surface area (TPSA) is 41.8 Å². The maximum absolute atomic E-state index is 5.91. The van der Waals surface area contributed by atoms with Gasteiger partial charge in [-0.25, -0.2) is 0 Å². The quantitative estimate of drug-likeness (QED) is 0.695. The minimum Gasteiger partial charge on any atom is -0.360 e. The first kappa shape index (κ1) is 7.65. The van der Waals surface area contributed by atoms with Crippen LogP contribution in [0.15, 0.2) is 24.4 Å². The van der Waals surface area contributed by atoms with Crippen molar-refractivity contribution < 1.29 is 0 Å². The fraction of sp³-hybridized carbons (Fsp3) is 0.111. The molecule has 0 radical (unpaired) electrons. The van der Waals surface area contributed by atoms with Gasteiger partial charge in [0.05, 0.1) is 5.02 Å². The van der Waals surface area contributed by atoms with Crippen molar-refractivity contribution in [2.75, 3.05) is 0 Å². The third kappa shape index (κ3) is 1.09. The van der Waals surface area contributed by atoms with Gasteiger partial charge in [-0.05, 0) is 11.6 Å². The highest BCUT2D eigenvalue weighted by atomic mass is 35.5. The van der Waals surface area contributed by atoms with E-state index in [0.29, 0.717) is 6.54 Å². The second kappa shape index (κ2) is 2.81. The molecule has 12 heavy (non-hydrogen) atoms. The molecule has 2 aromatic rings. The molecular weight excluding hydrogens is 172 g/mol. The second-order valence-electron chi connectivity index (χ2n) is 2.72. The van der Waals surface area contributed by atoms with Crippen molar-refractivity contribution in [3.63, 3.8) is 0 Å². The Balaban J connectivity index is 2.69. The Bertz CT molecular complexity index is 406. The first-order valence-corrected chi connectivity index (χ1v) is 4.14. The predicted molar refractivity (Wildman–Crippen MR) is 51.2 cm³/mol. The number of hydrogen-bond donors (Lipinski definition) is 2. The van der Waals surface area contributed by atoms with E-state index in [-0.39, 0.29) is 0 Å². The number of aromatic amines is 1. The number of fused-ring (bicyclic) bond motifs is 1. The van der Waals surface area contributed by atoms with Gasteiger partial charge in [-0.2, -0.15) is 0 Å². The molecule has 0 aliphatic carbocycles. The van der Waals surface area contributed by atoms with Crippen molar-refractivity contribution in [2.45, 2.75) is 6.54 Å². The van der Waals surface area contributed by atoms with Crippen LogP contribution in [0.1, 0.15) is 5.56 Å². The molecule has 0 unspecified atom stereocenters. The van der Waals surface area contributed by atoms with Gasteiger partial charge in [0, 0.05) is 23.6 Å². The fourth-order valence-electron chi connectivity index (χ4n) is 1.26. The van der Waals surface area contributed by atoms with Crippen LogP contribution in [0, 0.1) is 0 Å². The smallest absolute Gasteiger partial charge is 0.0659 e. The van der Waals surface area contributed by atoms with Gasteiger partial charge in [0.25, 0.3) is 0 Å². The van der Waals surface area contributed by atoms with Gasteiger partial charge in [-0.1, -0.05) is 23.7 Å². The zero-order valence-corrected chi connectivity index (χ0v) is 7.23. The molecule has 0 spiro atoms. The van der Waals surface area contributed by atoms with Gasteiger partial charge >= 0.3 is 0 Å². The molecule has 2 nitrogen and oxygen atoms in total. The summed E-state index contributed by atoms with van der Waals surface area (Å²) in [5.41, 5.74) is 7.66. The van der Waals surface area contributed by atoms with Crippen LogP contribution in [0.2, 0.25) is 5.02 Å². The zero-order chi connectivity index (χ0) is 8.55. The molecule has 0 amide bonds. The Morgan fingerprint density at radius 2 is 2.25 bits per heavy atom. The molecule has 0 saturated heterocycles. The van der Waals surface area contributed by atoms with E-state index in [1.807, 2.05) is 18.2 Å². The predicted octanol–water partition coefficient (Wildman–Crippen LogP) is 2.28. The third-order valence-corrected chi connectivity index (χ3v) is 2.24. The fourth-order valence-corrected chi connectivity index (χ4v) is 1.48. The number of H-pyrrole nitrogens is 1. The van der Waals surface area contributed by atoms with Gasteiger partial charge in [-0.3, -0.25) is 0 Å². The van der Waals surface area contributed by atoms with E-state index in [4.69, 9.17) is 17.3 Å². The Kier molecular flexibility index (Phi) is 1.79. The van der Waals surface area contributed by atoms with Crippen molar-refractivity contribution >= 4 is 22.5 Å². The van der Waals surface area contributed by atoms with Crippen LogP contribution in [-0.4, -0.2) is 4.98 Å². The lowest BCUT2D eigenvalue weighted by Crippen LogP contribution is -1.94. The second-order valence-corrected chi connectivity index (χ2v) is 3.13. The SMILES string of the molecule is NCc1ccc2c(Cl)c[nH]c2c1. The molecule has 1 heterocycles. The summed E-state index contributed by atoms with van der Waals surface area (Å²) in [4.78, 5) is 3.08. The minimum absolute atomic E-state index is 0.562.